The van der Waals surface area contributed by atoms with E-state index in [0.29, 0.717) is 22.2 Å². The molecule has 0 amide bonds. The molecule has 252 valence electrons. The number of hydrogen-bond acceptors (Lipinski definition) is 2. The summed E-state index contributed by atoms with van der Waals surface area (Å²) in [6, 6.07) is 23.4. The van der Waals surface area contributed by atoms with Crippen LogP contribution in [-0.4, -0.2) is 30.8 Å². The number of ether oxygens (including phenoxy) is 2. The molecule has 0 bridgehead atoms. The summed E-state index contributed by atoms with van der Waals surface area (Å²) in [6.07, 6.45) is 9.55. The quantitative estimate of drug-likeness (QED) is 0.0890. The minimum Gasteiger partial charge on any atom is -0.493 e. The van der Waals surface area contributed by atoms with Crippen molar-refractivity contribution in [1.82, 2.24) is 0 Å². The summed E-state index contributed by atoms with van der Waals surface area (Å²) in [5.74, 6) is 1.93. The maximum Gasteiger partial charge on any atom is 0.128 e. The van der Waals surface area contributed by atoms with Crippen LogP contribution >= 0.6 is 0 Å². The molecule has 2 nitrogen and oxygen atoms in total. The fourth-order valence-electron chi connectivity index (χ4n) is 7.02. The van der Waals surface area contributed by atoms with Crippen molar-refractivity contribution in [3.63, 3.8) is 0 Å². The minimum absolute atomic E-state index is 0.631. The van der Waals surface area contributed by atoms with Gasteiger partial charge in [0, 0.05) is 11.1 Å². The van der Waals surface area contributed by atoms with Gasteiger partial charge in [0.2, 0.25) is 0 Å². The molecule has 3 aromatic rings. The van der Waals surface area contributed by atoms with Crippen LogP contribution in [-0.2, 0) is 0 Å². The molecule has 0 unspecified atom stereocenters. The first-order valence-corrected chi connectivity index (χ1v) is 21.8. The Morgan fingerprint density at radius 3 is 1.07 bits per heavy atom. The van der Waals surface area contributed by atoms with Crippen LogP contribution in [0.5, 0.6) is 11.5 Å². The van der Waals surface area contributed by atoms with E-state index in [1.165, 1.54) is 60.0 Å². The van der Waals surface area contributed by atoms with Gasteiger partial charge in [0.15, 0.2) is 0 Å². The monoisotopic (exact) mass is 656 g/mol. The summed E-state index contributed by atoms with van der Waals surface area (Å²) in [5, 5.41) is 3.04. The third-order valence-electron chi connectivity index (χ3n) is 9.14. The summed E-state index contributed by atoms with van der Waals surface area (Å²) in [5.41, 5.74) is 7.51. The third-order valence-corrected chi connectivity index (χ3v) is 16.1. The van der Waals surface area contributed by atoms with E-state index in [-0.39, 0.29) is 0 Å². The molecular formula is C42H64O2Si2. The lowest BCUT2D eigenvalue weighted by Gasteiger charge is -2.24. The van der Waals surface area contributed by atoms with Crippen LogP contribution in [0.15, 0.2) is 60.7 Å². The molecule has 0 aliphatic rings. The summed E-state index contributed by atoms with van der Waals surface area (Å²) < 4.78 is 13.3. The van der Waals surface area contributed by atoms with Crippen LogP contribution in [0.25, 0.3) is 22.3 Å². The van der Waals surface area contributed by atoms with E-state index in [1.54, 1.807) is 0 Å². The second-order valence-electron chi connectivity index (χ2n) is 14.3. The van der Waals surface area contributed by atoms with E-state index < -0.39 is 17.6 Å². The zero-order valence-electron chi connectivity index (χ0n) is 31.0. The predicted octanol–water partition coefficient (Wildman–Crippen LogP) is 12.0. The zero-order chi connectivity index (χ0) is 33.6. The highest BCUT2D eigenvalue weighted by Crippen LogP contribution is 2.41. The van der Waals surface area contributed by atoms with Gasteiger partial charge in [0.05, 0.1) is 30.8 Å². The van der Waals surface area contributed by atoms with Gasteiger partial charge in [-0.25, -0.2) is 0 Å². The topological polar surface area (TPSA) is 18.5 Å². The molecule has 0 atom stereocenters. The molecule has 4 heteroatoms. The molecule has 0 spiro atoms. The Labute approximate surface area is 286 Å². The largest absolute Gasteiger partial charge is 0.493 e. The van der Waals surface area contributed by atoms with E-state index in [4.69, 9.17) is 9.47 Å². The van der Waals surface area contributed by atoms with Gasteiger partial charge in [-0.3, -0.25) is 0 Å². The first-order chi connectivity index (χ1) is 22.1. The molecule has 0 saturated heterocycles. The van der Waals surface area contributed by atoms with Crippen molar-refractivity contribution in [1.29, 1.82) is 0 Å². The lowest BCUT2D eigenvalue weighted by Crippen LogP contribution is -2.35. The number of rotatable bonds is 20. The van der Waals surface area contributed by atoms with Crippen LogP contribution in [0.3, 0.4) is 0 Å². The second kappa shape index (κ2) is 19.5. The highest BCUT2D eigenvalue weighted by atomic mass is 28.3. The van der Waals surface area contributed by atoms with Crippen molar-refractivity contribution in [2.75, 3.05) is 13.2 Å². The van der Waals surface area contributed by atoms with Gasteiger partial charge in [0.1, 0.15) is 11.5 Å². The van der Waals surface area contributed by atoms with E-state index in [1.807, 2.05) is 0 Å². The van der Waals surface area contributed by atoms with Gasteiger partial charge in [-0.15, -0.1) is 0 Å². The highest BCUT2D eigenvalue weighted by Gasteiger charge is 2.24. The minimum atomic E-state index is -0.631. The Morgan fingerprint density at radius 2 is 0.783 bits per heavy atom. The van der Waals surface area contributed by atoms with Gasteiger partial charge in [-0.2, -0.15) is 0 Å². The Hall–Kier alpha value is -2.31. The van der Waals surface area contributed by atoms with Gasteiger partial charge < -0.3 is 9.47 Å². The van der Waals surface area contributed by atoms with Gasteiger partial charge in [-0.1, -0.05) is 167 Å². The first kappa shape index (κ1) is 38.1. The molecule has 0 aliphatic carbocycles. The molecule has 3 rings (SSSR count). The number of hydrogen-bond donors (Lipinski definition) is 0. The lowest BCUT2D eigenvalue weighted by atomic mass is 9.97. The Bertz CT molecular complexity index is 1160. The average Bonchev–Trinajstić information content (AvgIpc) is 3.01. The molecule has 0 aliphatic heterocycles. The SMILES string of the molecule is CCCCCCOc1cc(-c2ccc([Si](C(C)C)C(C)C)cc2)c(OCCCCCC)cc1-c1ccc([Si](C(C)C)C(C)C)cc1. The molecule has 2 radical (unpaired) electrons. The van der Waals surface area contributed by atoms with E-state index in [0.717, 1.165) is 48.7 Å². The standard InChI is InChI=1S/C42H64O2Si2/c1-11-13-15-17-27-43-41-29-40(36-21-25-38(26-22-36)46(33(7)8)34(9)10)42(44-28-18-16-14-12-2)30-39(41)35-19-23-37(24-20-35)45(31(3)4)32(5)6/h19-26,29-34H,11-18,27-28H2,1-10H3. The Balaban J connectivity index is 2.09. The zero-order valence-corrected chi connectivity index (χ0v) is 33.0. The molecule has 3 aromatic carbocycles. The van der Waals surface area contributed by atoms with Crippen LogP contribution in [0.1, 0.15) is 121 Å². The van der Waals surface area contributed by atoms with Gasteiger partial charge in [0.25, 0.3) is 0 Å². The van der Waals surface area contributed by atoms with Crippen molar-refractivity contribution < 1.29 is 9.47 Å². The van der Waals surface area contributed by atoms with Gasteiger partial charge in [-0.05, 0) is 58.3 Å². The average molecular weight is 657 g/mol. The summed E-state index contributed by atoms with van der Waals surface area (Å²) in [4.78, 5) is 0. The van der Waals surface area contributed by atoms with Crippen LogP contribution in [0.2, 0.25) is 22.2 Å². The van der Waals surface area contributed by atoms with Crippen molar-refractivity contribution >= 4 is 28.0 Å². The van der Waals surface area contributed by atoms with E-state index >= 15 is 0 Å². The number of benzene rings is 3. The molecule has 0 saturated carbocycles. The fourth-order valence-corrected chi connectivity index (χ4v) is 13.5. The highest BCUT2D eigenvalue weighted by molar-refractivity contribution is 6.76. The molecule has 0 fully saturated rings. The smallest absolute Gasteiger partial charge is 0.128 e. The second-order valence-corrected chi connectivity index (χ2v) is 21.9. The van der Waals surface area contributed by atoms with Crippen molar-refractivity contribution in [2.24, 2.45) is 0 Å². The van der Waals surface area contributed by atoms with Crippen LogP contribution < -0.4 is 19.8 Å². The van der Waals surface area contributed by atoms with Crippen molar-refractivity contribution in [3.05, 3.63) is 60.7 Å². The van der Waals surface area contributed by atoms with E-state index in [2.05, 4.69) is 130 Å². The fraction of sp³-hybridized carbons (Fsp3) is 0.571. The molecule has 0 aromatic heterocycles. The Morgan fingerprint density at radius 1 is 0.457 bits per heavy atom. The third kappa shape index (κ3) is 10.9. The lowest BCUT2D eigenvalue weighted by molar-refractivity contribution is 0.299. The maximum absolute atomic E-state index is 6.65. The van der Waals surface area contributed by atoms with Crippen molar-refractivity contribution in [3.8, 4) is 33.8 Å². The van der Waals surface area contributed by atoms with E-state index in [9.17, 15) is 0 Å². The predicted molar refractivity (Wildman–Crippen MR) is 208 cm³/mol. The summed E-state index contributed by atoms with van der Waals surface area (Å²) in [7, 11) is -1.26. The van der Waals surface area contributed by atoms with Crippen LogP contribution in [0, 0.1) is 0 Å². The van der Waals surface area contributed by atoms with Crippen molar-refractivity contribution in [2.45, 2.75) is 143 Å². The summed E-state index contributed by atoms with van der Waals surface area (Å²) in [6.45, 7) is 25.1. The first-order valence-electron chi connectivity index (χ1n) is 18.5. The molecular weight excluding hydrogens is 593 g/mol. The van der Waals surface area contributed by atoms with Crippen LogP contribution in [0.4, 0.5) is 0 Å². The normalized spacial score (nSPS) is 12.0. The Kier molecular flexibility index (Phi) is 16.2. The number of unbranched alkanes of at least 4 members (excludes halogenated alkanes) is 6. The molecule has 0 N–H and O–H groups in total. The van der Waals surface area contributed by atoms with Gasteiger partial charge >= 0.3 is 0 Å². The summed E-state index contributed by atoms with van der Waals surface area (Å²) >= 11 is 0. The molecule has 0 heterocycles. The maximum atomic E-state index is 6.65. The molecule has 46 heavy (non-hydrogen) atoms.